The number of aliphatic hydroxyl groups is 1. The van der Waals surface area contributed by atoms with E-state index in [9.17, 15) is 27.9 Å². The summed E-state index contributed by atoms with van der Waals surface area (Å²) in [4.78, 5) is 29.4. The summed E-state index contributed by atoms with van der Waals surface area (Å²) in [6.45, 7) is 2.74. The van der Waals surface area contributed by atoms with Gasteiger partial charge in [-0.15, -0.1) is 0 Å². The van der Waals surface area contributed by atoms with Gasteiger partial charge in [-0.1, -0.05) is 17.7 Å². The molecular formula is C21H22ClF3N4O3. The van der Waals surface area contributed by atoms with Crippen molar-refractivity contribution >= 4 is 40.6 Å². The number of aromatic nitrogens is 1. The van der Waals surface area contributed by atoms with E-state index in [0.29, 0.717) is 30.8 Å². The van der Waals surface area contributed by atoms with Gasteiger partial charge >= 0.3 is 12.1 Å². The fourth-order valence-corrected chi connectivity index (χ4v) is 3.49. The molecule has 0 aliphatic carbocycles. The van der Waals surface area contributed by atoms with Crippen molar-refractivity contribution in [2.75, 3.05) is 23.3 Å². The average molecular weight is 471 g/mol. The normalized spacial score (nSPS) is 15.8. The molecule has 0 spiro atoms. The van der Waals surface area contributed by atoms with E-state index in [4.69, 9.17) is 11.6 Å². The Morgan fingerprint density at radius 2 is 1.94 bits per heavy atom. The number of alkyl halides is 3. The molecule has 32 heavy (non-hydrogen) atoms. The summed E-state index contributed by atoms with van der Waals surface area (Å²) in [7, 11) is 0. The number of hydrogen-bond donors (Lipinski definition) is 3. The first-order valence-corrected chi connectivity index (χ1v) is 10.3. The Labute approximate surface area is 187 Å². The van der Waals surface area contributed by atoms with E-state index < -0.39 is 18.2 Å². The predicted octanol–water partition coefficient (Wildman–Crippen LogP) is 3.95. The summed E-state index contributed by atoms with van der Waals surface area (Å²) in [5, 5.41) is 15.9. The zero-order chi connectivity index (χ0) is 23.5. The molecule has 0 bridgehead atoms. The number of carbonyl (C=O) groups excluding carboxylic acids is 2. The van der Waals surface area contributed by atoms with Gasteiger partial charge in [0.1, 0.15) is 5.82 Å². The number of carbonyl (C=O) groups is 2. The van der Waals surface area contributed by atoms with Crippen LogP contribution in [0.15, 0.2) is 36.5 Å². The first kappa shape index (κ1) is 24.0. The van der Waals surface area contributed by atoms with Crippen LogP contribution in [0.25, 0.3) is 0 Å². The highest BCUT2D eigenvalue weighted by molar-refractivity contribution is 6.30. The first-order chi connectivity index (χ1) is 15.1. The van der Waals surface area contributed by atoms with Crippen molar-refractivity contribution in [3.05, 3.63) is 47.1 Å². The van der Waals surface area contributed by atoms with Crippen LogP contribution in [-0.2, 0) is 9.59 Å². The smallest absolute Gasteiger partial charge is 0.389 e. The summed E-state index contributed by atoms with van der Waals surface area (Å²) in [6, 6.07) is 6.52. The minimum absolute atomic E-state index is 0.00715. The second-order valence-corrected chi connectivity index (χ2v) is 7.88. The number of rotatable bonds is 5. The molecule has 3 N–H and O–H groups in total. The van der Waals surface area contributed by atoms with Gasteiger partial charge in [-0.2, -0.15) is 13.2 Å². The molecule has 1 aliphatic heterocycles. The zero-order valence-corrected chi connectivity index (χ0v) is 17.9. The molecule has 1 saturated heterocycles. The molecule has 11 heteroatoms. The number of nitrogens with one attached hydrogen (secondary N) is 2. The van der Waals surface area contributed by atoms with Crippen LogP contribution in [0.1, 0.15) is 31.4 Å². The molecule has 172 valence electrons. The lowest BCUT2D eigenvalue weighted by Gasteiger charge is -2.27. The average Bonchev–Trinajstić information content (AvgIpc) is 2.76. The maximum absolute atomic E-state index is 13.5. The third-order valence-electron chi connectivity index (χ3n) is 5.10. The molecule has 2 aromatic rings. The molecule has 7 nitrogen and oxygen atoms in total. The summed E-state index contributed by atoms with van der Waals surface area (Å²) in [5.74, 6) is -3.22. The van der Waals surface area contributed by atoms with Crippen molar-refractivity contribution in [1.82, 2.24) is 10.3 Å². The number of nitrogens with zero attached hydrogens (tertiary/aromatic N) is 2. The van der Waals surface area contributed by atoms with E-state index in [1.165, 1.54) is 37.3 Å². The minimum Gasteiger partial charge on any atom is -0.389 e. The van der Waals surface area contributed by atoms with Gasteiger partial charge in [0.15, 0.2) is 0 Å². The van der Waals surface area contributed by atoms with Crippen molar-refractivity contribution in [2.45, 2.75) is 32.0 Å². The molecule has 0 radical (unpaired) electrons. The van der Waals surface area contributed by atoms with Crippen molar-refractivity contribution < 1.29 is 27.9 Å². The van der Waals surface area contributed by atoms with Gasteiger partial charge in [0.2, 0.25) is 5.91 Å². The second kappa shape index (κ2) is 9.85. The van der Waals surface area contributed by atoms with Crippen molar-refractivity contribution in [3.8, 4) is 0 Å². The van der Waals surface area contributed by atoms with Gasteiger partial charge in [0.25, 0.3) is 0 Å². The molecular weight excluding hydrogens is 449 g/mol. The Kier molecular flexibility index (Phi) is 7.37. The molecule has 3 rings (SSSR count). The Hall–Kier alpha value is -2.69. The summed E-state index contributed by atoms with van der Waals surface area (Å²) < 4.78 is 40.5. The molecule has 2 amide bonds. The fourth-order valence-electron chi connectivity index (χ4n) is 3.38. The monoisotopic (exact) mass is 470 g/mol. The van der Waals surface area contributed by atoms with Gasteiger partial charge in [0.05, 0.1) is 22.5 Å². The first-order valence-electron chi connectivity index (χ1n) is 9.94. The lowest BCUT2D eigenvalue weighted by atomic mass is 9.97. The van der Waals surface area contributed by atoms with E-state index in [1.54, 1.807) is 0 Å². The zero-order valence-electron chi connectivity index (χ0n) is 17.1. The fraction of sp³-hybridized carbons (Fsp3) is 0.381. The number of halogens is 4. The Bertz CT molecular complexity index is 977. The molecule has 0 saturated carbocycles. The van der Waals surface area contributed by atoms with E-state index >= 15 is 0 Å². The van der Waals surface area contributed by atoms with E-state index in [2.05, 4.69) is 15.6 Å². The SMILES string of the molecule is CC(O)c1ccc(NC(=O)C2CCNCC2)c(N(C(=O)C(F)(F)F)c2ccc(Cl)cn2)c1. The summed E-state index contributed by atoms with van der Waals surface area (Å²) in [5.41, 5.74) is -0.0103. The third-order valence-corrected chi connectivity index (χ3v) is 5.32. The van der Waals surface area contributed by atoms with Crippen LogP contribution in [-0.4, -0.2) is 41.2 Å². The molecule has 1 fully saturated rings. The van der Waals surface area contributed by atoms with Crippen molar-refractivity contribution in [2.24, 2.45) is 5.92 Å². The standard InChI is InChI=1S/C21H22ClF3N4O3/c1-12(30)14-2-4-16(28-19(31)13-6-8-26-9-7-13)17(10-14)29(20(32)21(23,24)25)18-5-3-15(22)11-27-18/h2-5,10-13,26,30H,6-9H2,1H3,(H,28,31). The van der Waals surface area contributed by atoms with E-state index in [-0.39, 0.29) is 39.6 Å². The van der Waals surface area contributed by atoms with E-state index in [1.807, 2.05) is 0 Å². The Morgan fingerprint density at radius 3 is 2.50 bits per heavy atom. The molecule has 1 unspecified atom stereocenters. The lowest BCUT2D eigenvalue weighted by molar-refractivity contribution is -0.169. The van der Waals surface area contributed by atoms with Crippen molar-refractivity contribution in [3.63, 3.8) is 0 Å². The van der Waals surface area contributed by atoms with Crippen LogP contribution in [0, 0.1) is 5.92 Å². The maximum atomic E-state index is 13.5. The van der Waals surface area contributed by atoms with Crippen LogP contribution in [0.5, 0.6) is 0 Å². The topological polar surface area (TPSA) is 94.6 Å². The van der Waals surface area contributed by atoms with Crippen LogP contribution in [0.4, 0.5) is 30.4 Å². The van der Waals surface area contributed by atoms with Crippen LogP contribution in [0.2, 0.25) is 5.02 Å². The van der Waals surface area contributed by atoms with E-state index in [0.717, 1.165) is 6.20 Å². The highest BCUT2D eigenvalue weighted by atomic mass is 35.5. The Balaban J connectivity index is 2.10. The minimum atomic E-state index is -5.22. The molecule has 1 aliphatic rings. The lowest BCUT2D eigenvalue weighted by Crippen LogP contribution is -2.39. The second-order valence-electron chi connectivity index (χ2n) is 7.44. The number of piperidine rings is 1. The van der Waals surface area contributed by atoms with Crippen LogP contribution in [0.3, 0.4) is 0 Å². The van der Waals surface area contributed by atoms with Gasteiger partial charge < -0.3 is 15.7 Å². The molecule has 1 aromatic heterocycles. The largest absolute Gasteiger partial charge is 0.472 e. The van der Waals surface area contributed by atoms with Crippen LogP contribution < -0.4 is 15.5 Å². The highest BCUT2D eigenvalue weighted by Gasteiger charge is 2.45. The number of pyridine rings is 1. The van der Waals surface area contributed by atoms with Crippen molar-refractivity contribution in [1.29, 1.82) is 0 Å². The summed E-state index contributed by atoms with van der Waals surface area (Å²) >= 11 is 5.80. The van der Waals surface area contributed by atoms with Gasteiger partial charge in [-0.25, -0.2) is 4.98 Å². The quantitative estimate of drug-likeness (QED) is 0.615. The number of anilines is 3. The number of amides is 2. The molecule has 1 aromatic carbocycles. The number of hydrogen-bond acceptors (Lipinski definition) is 5. The number of aliphatic hydroxyl groups excluding tert-OH is 1. The third kappa shape index (κ3) is 5.56. The Morgan fingerprint density at radius 1 is 1.25 bits per heavy atom. The van der Waals surface area contributed by atoms with Gasteiger partial charge in [-0.05, 0) is 62.7 Å². The maximum Gasteiger partial charge on any atom is 0.472 e. The highest BCUT2D eigenvalue weighted by Crippen LogP contribution is 2.37. The van der Waals surface area contributed by atoms with Gasteiger partial charge in [0, 0.05) is 12.1 Å². The molecule has 1 atom stereocenters. The van der Waals surface area contributed by atoms with Crippen LogP contribution >= 0.6 is 11.6 Å². The predicted molar refractivity (Wildman–Crippen MR) is 114 cm³/mol. The summed E-state index contributed by atoms with van der Waals surface area (Å²) in [6.07, 6.45) is -3.98. The number of benzene rings is 1. The van der Waals surface area contributed by atoms with Gasteiger partial charge in [-0.3, -0.25) is 14.5 Å². The molecule has 2 heterocycles.